The quantitative estimate of drug-likeness (QED) is 0.552. The fourth-order valence-electron chi connectivity index (χ4n) is 2.77. The van der Waals surface area contributed by atoms with Crippen molar-refractivity contribution in [3.8, 4) is 23.1 Å². The van der Waals surface area contributed by atoms with Gasteiger partial charge in [0.05, 0.1) is 25.3 Å². The summed E-state index contributed by atoms with van der Waals surface area (Å²) in [5, 5.41) is 13.6. The van der Waals surface area contributed by atoms with Gasteiger partial charge in [0.1, 0.15) is 0 Å². The Labute approximate surface area is 169 Å². The van der Waals surface area contributed by atoms with Gasteiger partial charge >= 0.3 is 18.0 Å². The van der Waals surface area contributed by atoms with Crippen molar-refractivity contribution >= 4 is 5.97 Å². The van der Waals surface area contributed by atoms with E-state index in [9.17, 15) is 9.90 Å². The van der Waals surface area contributed by atoms with Crippen LogP contribution in [0.2, 0.25) is 0 Å². The first-order chi connectivity index (χ1) is 14.1. The summed E-state index contributed by atoms with van der Waals surface area (Å²) in [6.45, 7) is 5.68. The van der Waals surface area contributed by atoms with Crippen molar-refractivity contribution in [1.82, 2.24) is 14.8 Å². The van der Waals surface area contributed by atoms with Gasteiger partial charge in [0.25, 0.3) is 0 Å². The van der Waals surface area contributed by atoms with E-state index in [-0.39, 0.29) is 5.56 Å². The third-order valence-corrected chi connectivity index (χ3v) is 4.22. The molecular weight excluding hydrogens is 370 g/mol. The van der Waals surface area contributed by atoms with Gasteiger partial charge in [-0.3, -0.25) is 0 Å². The third kappa shape index (κ3) is 5.34. The number of benzene rings is 2. The Hall–Kier alpha value is -3.35. The second kappa shape index (κ2) is 9.73. The molecule has 0 aliphatic rings. The average Bonchev–Trinajstić information content (AvgIpc) is 3.12. The molecule has 2 aromatic carbocycles. The molecule has 0 unspecified atom stereocenters. The summed E-state index contributed by atoms with van der Waals surface area (Å²) >= 11 is 0. The van der Waals surface area contributed by atoms with Gasteiger partial charge in [-0.1, -0.05) is 50.2 Å². The van der Waals surface area contributed by atoms with Crippen molar-refractivity contribution in [3.05, 3.63) is 59.7 Å². The maximum Gasteiger partial charge on any atom is 0.338 e. The Morgan fingerprint density at radius 3 is 2.41 bits per heavy atom. The Kier molecular flexibility index (Phi) is 6.84. The lowest BCUT2D eigenvalue weighted by atomic mass is 10.0. The smallest absolute Gasteiger partial charge is 0.338 e. The number of ether oxygens (including phenoxy) is 2. The number of hydrogen-bond acceptors (Lipinski definition) is 5. The lowest BCUT2D eigenvalue weighted by molar-refractivity contribution is 0.0697. The topological polar surface area (TPSA) is 86.5 Å². The SMILES string of the molecule is CCCOc1nc(OCCC)n(Cc2ccc(-c3cccc(C(=O)O)c3)cc2)n1. The van der Waals surface area contributed by atoms with Crippen LogP contribution in [0, 0.1) is 0 Å². The molecule has 0 spiro atoms. The number of carbonyl (C=O) groups is 1. The van der Waals surface area contributed by atoms with Gasteiger partial charge in [0.2, 0.25) is 0 Å². The first-order valence-electron chi connectivity index (χ1n) is 9.73. The molecule has 0 aliphatic heterocycles. The molecule has 0 fully saturated rings. The zero-order valence-electron chi connectivity index (χ0n) is 16.7. The van der Waals surface area contributed by atoms with Gasteiger partial charge < -0.3 is 14.6 Å². The summed E-state index contributed by atoms with van der Waals surface area (Å²) in [5.74, 6) is -0.935. The first kappa shape index (κ1) is 20.4. The second-order valence-corrected chi connectivity index (χ2v) is 6.61. The predicted molar refractivity (Wildman–Crippen MR) is 110 cm³/mol. The number of rotatable bonds is 10. The molecule has 0 aliphatic carbocycles. The van der Waals surface area contributed by atoms with Crippen molar-refractivity contribution in [1.29, 1.82) is 0 Å². The number of aromatic nitrogens is 3. The molecule has 3 rings (SSSR count). The Balaban J connectivity index is 1.77. The second-order valence-electron chi connectivity index (χ2n) is 6.61. The molecule has 7 heteroatoms. The van der Waals surface area contributed by atoms with E-state index in [1.165, 1.54) is 0 Å². The number of carboxylic acids is 1. The summed E-state index contributed by atoms with van der Waals surface area (Å²) in [6, 6.07) is 15.6. The Morgan fingerprint density at radius 1 is 1.00 bits per heavy atom. The fourth-order valence-corrected chi connectivity index (χ4v) is 2.77. The molecule has 0 bridgehead atoms. The fraction of sp³-hybridized carbons (Fsp3) is 0.318. The Bertz CT molecular complexity index is 951. The largest absolute Gasteiger partial charge is 0.478 e. The lowest BCUT2D eigenvalue weighted by Gasteiger charge is -2.08. The maximum absolute atomic E-state index is 11.2. The van der Waals surface area contributed by atoms with Gasteiger partial charge in [-0.15, -0.1) is 10.1 Å². The number of aromatic carboxylic acids is 1. The molecule has 1 aromatic heterocycles. The van der Waals surface area contributed by atoms with Crippen molar-refractivity contribution in [3.63, 3.8) is 0 Å². The molecule has 1 heterocycles. The minimum atomic E-state index is -0.935. The highest BCUT2D eigenvalue weighted by Crippen LogP contribution is 2.22. The standard InChI is InChI=1S/C22H25N3O4/c1-3-12-28-21-23-22(29-13-4-2)25(24-21)15-16-8-10-17(11-9-16)18-6-5-7-19(14-18)20(26)27/h5-11,14H,3-4,12-13,15H2,1-2H3,(H,26,27). The van der Waals surface area contributed by atoms with Gasteiger partial charge in [0.15, 0.2) is 0 Å². The first-order valence-corrected chi connectivity index (χ1v) is 9.73. The van der Waals surface area contributed by atoms with Crippen LogP contribution in [-0.2, 0) is 6.54 Å². The van der Waals surface area contributed by atoms with E-state index in [0.717, 1.165) is 29.5 Å². The zero-order valence-corrected chi connectivity index (χ0v) is 16.7. The molecule has 152 valence electrons. The maximum atomic E-state index is 11.2. The molecular formula is C22H25N3O4. The van der Waals surface area contributed by atoms with Crippen LogP contribution in [0.5, 0.6) is 12.0 Å². The van der Waals surface area contributed by atoms with Gasteiger partial charge in [-0.2, -0.15) is 0 Å². The minimum Gasteiger partial charge on any atom is -0.478 e. The Morgan fingerprint density at radius 2 is 1.72 bits per heavy atom. The van der Waals surface area contributed by atoms with Crippen molar-refractivity contribution < 1.29 is 19.4 Å². The van der Waals surface area contributed by atoms with Gasteiger partial charge in [-0.05, 0) is 41.7 Å². The third-order valence-electron chi connectivity index (χ3n) is 4.22. The highest BCUT2D eigenvalue weighted by molar-refractivity contribution is 5.89. The zero-order chi connectivity index (χ0) is 20.6. The molecule has 3 aromatic rings. The van der Waals surface area contributed by atoms with Crippen LogP contribution >= 0.6 is 0 Å². The minimum absolute atomic E-state index is 0.270. The van der Waals surface area contributed by atoms with Gasteiger partial charge in [-0.25, -0.2) is 9.48 Å². The van der Waals surface area contributed by atoms with Gasteiger partial charge in [0, 0.05) is 0 Å². The van der Waals surface area contributed by atoms with E-state index in [1.54, 1.807) is 22.9 Å². The summed E-state index contributed by atoms with van der Waals surface area (Å²) < 4.78 is 12.9. The highest BCUT2D eigenvalue weighted by Gasteiger charge is 2.13. The monoisotopic (exact) mass is 395 g/mol. The lowest BCUT2D eigenvalue weighted by Crippen LogP contribution is -2.07. The van der Waals surface area contributed by atoms with Crippen LogP contribution in [-0.4, -0.2) is 39.1 Å². The summed E-state index contributed by atoms with van der Waals surface area (Å²) in [6.07, 6.45) is 1.76. The highest BCUT2D eigenvalue weighted by atomic mass is 16.5. The molecule has 1 N–H and O–H groups in total. The van der Waals surface area contributed by atoms with Crippen molar-refractivity contribution in [2.75, 3.05) is 13.2 Å². The summed E-state index contributed by atoms with van der Waals surface area (Å²) in [5.41, 5.74) is 3.10. The summed E-state index contributed by atoms with van der Waals surface area (Å²) in [7, 11) is 0. The van der Waals surface area contributed by atoms with Crippen molar-refractivity contribution in [2.24, 2.45) is 0 Å². The van der Waals surface area contributed by atoms with Crippen LogP contribution in [0.1, 0.15) is 42.6 Å². The average molecular weight is 395 g/mol. The van der Waals surface area contributed by atoms with Crippen LogP contribution in [0.25, 0.3) is 11.1 Å². The van der Waals surface area contributed by atoms with Crippen LogP contribution < -0.4 is 9.47 Å². The molecule has 0 amide bonds. The molecule has 0 atom stereocenters. The molecule has 7 nitrogen and oxygen atoms in total. The number of nitrogens with zero attached hydrogens (tertiary/aromatic N) is 3. The molecule has 0 radical (unpaired) electrons. The van der Waals surface area contributed by atoms with Crippen molar-refractivity contribution in [2.45, 2.75) is 33.2 Å². The molecule has 29 heavy (non-hydrogen) atoms. The van der Waals surface area contributed by atoms with Crippen LogP contribution in [0.3, 0.4) is 0 Å². The predicted octanol–water partition coefficient (Wildman–Crippen LogP) is 4.27. The van der Waals surface area contributed by atoms with E-state index in [1.807, 2.05) is 44.2 Å². The van der Waals surface area contributed by atoms with E-state index in [4.69, 9.17) is 9.47 Å². The normalized spacial score (nSPS) is 10.7. The number of carboxylic acid groups (broad SMARTS) is 1. The van der Waals surface area contributed by atoms with Crippen LogP contribution in [0.4, 0.5) is 0 Å². The number of hydrogen-bond donors (Lipinski definition) is 1. The van der Waals surface area contributed by atoms with E-state index >= 15 is 0 Å². The van der Waals surface area contributed by atoms with Crippen LogP contribution in [0.15, 0.2) is 48.5 Å². The summed E-state index contributed by atoms with van der Waals surface area (Å²) in [4.78, 5) is 15.5. The molecule has 0 saturated carbocycles. The van der Waals surface area contributed by atoms with E-state index in [2.05, 4.69) is 10.1 Å². The van der Waals surface area contributed by atoms with E-state index < -0.39 is 5.97 Å². The van der Waals surface area contributed by atoms with E-state index in [0.29, 0.717) is 31.8 Å². The molecule has 0 saturated heterocycles.